The van der Waals surface area contributed by atoms with Crippen LogP contribution < -0.4 is 11.1 Å². The quantitative estimate of drug-likeness (QED) is 0.567. The number of halogens is 1. The second kappa shape index (κ2) is 6.49. The van der Waals surface area contributed by atoms with E-state index in [-0.39, 0.29) is 11.9 Å². The lowest BCUT2D eigenvalue weighted by molar-refractivity contribution is 0.585. The smallest absolute Gasteiger partial charge is 0.320 e. The topological polar surface area (TPSA) is 108 Å². The predicted molar refractivity (Wildman–Crippen MR) is 98.5 cm³/mol. The van der Waals surface area contributed by atoms with Gasteiger partial charge in [-0.1, -0.05) is 40.1 Å². The van der Waals surface area contributed by atoms with E-state index in [0.717, 1.165) is 16.9 Å². The molecule has 130 valence electrons. The summed E-state index contributed by atoms with van der Waals surface area (Å²) in [6.07, 6.45) is 0. The molecule has 0 aliphatic carbocycles. The SMILES string of the molecule is Cc1ccccc1Nc1nnc(-c2nnn(-c3ccc(Cl)cc3)c2N)o1. The van der Waals surface area contributed by atoms with E-state index in [2.05, 4.69) is 25.8 Å². The van der Waals surface area contributed by atoms with Crippen molar-refractivity contribution in [2.24, 2.45) is 0 Å². The lowest BCUT2D eigenvalue weighted by atomic mass is 10.2. The normalized spacial score (nSPS) is 10.8. The molecular formula is C17H14ClN7O. The predicted octanol–water partition coefficient (Wildman–Crippen LogP) is 3.60. The van der Waals surface area contributed by atoms with Gasteiger partial charge in [-0.3, -0.25) is 0 Å². The van der Waals surface area contributed by atoms with Crippen LogP contribution in [0.4, 0.5) is 17.5 Å². The zero-order valence-electron chi connectivity index (χ0n) is 13.7. The third-order valence-electron chi connectivity index (χ3n) is 3.79. The van der Waals surface area contributed by atoms with E-state index in [1.54, 1.807) is 24.3 Å². The number of aromatic nitrogens is 5. The van der Waals surface area contributed by atoms with Crippen molar-refractivity contribution in [3.05, 3.63) is 59.1 Å². The van der Waals surface area contributed by atoms with Crippen molar-refractivity contribution in [2.45, 2.75) is 6.92 Å². The Balaban J connectivity index is 1.62. The first-order chi connectivity index (χ1) is 12.6. The number of benzene rings is 2. The molecule has 2 heterocycles. The standard InChI is InChI=1S/C17H14ClN7O/c1-10-4-2-3-5-13(10)20-17-23-22-16(26-17)14-15(19)25(24-21-14)12-8-6-11(18)7-9-12/h2-9H,19H2,1H3,(H,20,23). The second-order valence-corrected chi connectivity index (χ2v) is 6.00. The molecule has 0 aliphatic heterocycles. The van der Waals surface area contributed by atoms with E-state index >= 15 is 0 Å². The van der Waals surface area contributed by atoms with Crippen LogP contribution in [-0.2, 0) is 0 Å². The summed E-state index contributed by atoms with van der Waals surface area (Å²) in [6, 6.07) is 15.1. The van der Waals surface area contributed by atoms with Gasteiger partial charge in [0.05, 0.1) is 5.69 Å². The summed E-state index contributed by atoms with van der Waals surface area (Å²) in [5.41, 5.74) is 9.12. The second-order valence-electron chi connectivity index (χ2n) is 5.56. The van der Waals surface area contributed by atoms with Gasteiger partial charge in [-0.15, -0.1) is 10.2 Å². The first kappa shape index (κ1) is 16.1. The molecule has 0 fully saturated rings. The number of nitrogens with two attached hydrogens (primary N) is 1. The van der Waals surface area contributed by atoms with E-state index in [4.69, 9.17) is 21.8 Å². The van der Waals surface area contributed by atoms with Crippen LogP contribution in [0.15, 0.2) is 52.9 Å². The Morgan fingerprint density at radius 2 is 1.81 bits per heavy atom. The van der Waals surface area contributed by atoms with E-state index < -0.39 is 0 Å². The van der Waals surface area contributed by atoms with Crippen LogP contribution in [0.2, 0.25) is 5.02 Å². The maximum atomic E-state index is 6.15. The molecule has 0 unspecified atom stereocenters. The zero-order chi connectivity index (χ0) is 18.1. The summed E-state index contributed by atoms with van der Waals surface area (Å²) >= 11 is 5.90. The number of aryl methyl sites for hydroxylation is 1. The lowest BCUT2D eigenvalue weighted by Gasteiger charge is -2.04. The van der Waals surface area contributed by atoms with Crippen molar-refractivity contribution >= 4 is 29.1 Å². The Morgan fingerprint density at radius 3 is 2.58 bits per heavy atom. The number of nitrogens with zero attached hydrogens (tertiary/aromatic N) is 5. The fourth-order valence-corrected chi connectivity index (χ4v) is 2.54. The van der Waals surface area contributed by atoms with Crippen LogP contribution in [0.5, 0.6) is 0 Å². The Labute approximate surface area is 153 Å². The van der Waals surface area contributed by atoms with Gasteiger partial charge in [0.15, 0.2) is 11.5 Å². The average Bonchev–Trinajstić information content (AvgIpc) is 3.24. The minimum absolute atomic E-state index is 0.179. The van der Waals surface area contributed by atoms with Gasteiger partial charge in [0.1, 0.15) is 0 Å². The van der Waals surface area contributed by atoms with Gasteiger partial charge in [0.25, 0.3) is 5.89 Å². The van der Waals surface area contributed by atoms with E-state index in [1.165, 1.54) is 4.68 Å². The fourth-order valence-electron chi connectivity index (χ4n) is 2.41. The third-order valence-corrected chi connectivity index (χ3v) is 4.04. The van der Waals surface area contributed by atoms with Gasteiger partial charge in [-0.25, -0.2) is 0 Å². The summed E-state index contributed by atoms with van der Waals surface area (Å²) in [5, 5.41) is 19.8. The number of rotatable bonds is 4. The largest absolute Gasteiger partial charge is 0.401 e. The van der Waals surface area contributed by atoms with Crippen molar-refractivity contribution < 1.29 is 4.42 Å². The van der Waals surface area contributed by atoms with Crippen LogP contribution in [0.25, 0.3) is 17.3 Å². The van der Waals surface area contributed by atoms with Gasteiger partial charge in [-0.05, 0) is 42.8 Å². The summed E-state index contributed by atoms with van der Waals surface area (Å²) in [6.45, 7) is 1.98. The Bertz CT molecular complexity index is 1060. The maximum Gasteiger partial charge on any atom is 0.320 e. The Morgan fingerprint density at radius 1 is 1.04 bits per heavy atom. The van der Waals surface area contributed by atoms with Crippen molar-refractivity contribution in [1.29, 1.82) is 0 Å². The molecule has 0 atom stereocenters. The highest BCUT2D eigenvalue weighted by molar-refractivity contribution is 6.30. The molecule has 0 radical (unpaired) electrons. The van der Waals surface area contributed by atoms with Crippen LogP contribution in [0.1, 0.15) is 5.56 Å². The first-order valence-corrected chi connectivity index (χ1v) is 8.13. The number of hydrogen-bond acceptors (Lipinski definition) is 7. The summed E-state index contributed by atoms with van der Waals surface area (Å²) in [7, 11) is 0. The van der Waals surface area contributed by atoms with Crippen molar-refractivity contribution in [3.63, 3.8) is 0 Å². The van der Waals surface area contributed by atoms with Crippen LogP contribution >= 0.6 is 11.6 Å². The van der Waals surface area contributed by atoms with E-state index in [0.29, 0.717) is 16.5 Å². The maximum absolute atomic E-state index is 6.15. The zero-order valence-corrected chi connectivity index (χ0v) is 14.5. The minimum atomic E-state index is 0.179. The van der Waals surface area contributed by atoms with Crippen LogP contribution in [0, 0.1) is 6.92 Å². The van der Waals surface area contributed by atoms with E-state index in [1.807, 2.05) is 31.2 Å². The summed E-state index contributed by atoms with van der Waals surface area (Å²) in [4.78, 5) is 0. The van der Waals surface area contributed by atoms with E-state index in [9.17, 15) is 0 Å². The molecule has 26 heavy (non-hydrogen) atoms. The third kappa shape index (κ3) is 2.98. The molecule has 8 nitrogen and oxygen atoms in total. The molecule has 3 N–H and O–H groups in total. The number of hydrogen-bond donors (Lipinski definition) is 2. The Hall–Kier alpha value is -3.39. The molecule has 0 aliphatic rings. The highest BCUT2D eigenvalue weighted by Crippen LogP contribution is 2.27. The molecule has 9 heteroatoms. The summed E-state index contributed by atoms with van der Waals surface area (Å²) in [5.74, 6) is 0.470. The van der Waals surface area contributed by atoms with Gasteiger partial charge >= 0.3 is 6.01 Å². The van der Waals surface area contributed by atoms with Crippen molar-refractivity contribution in [1.82, 2.24) is 25.2 Å². The lowest BCUT2D eigenvalue weighted by Crippen LogP contribution is -2.02. The number of para-hydroxylation sites is 1. The molecule has 0 saturated carbocycles. The summed E-state index contributed by atoms with van der Waals surface area (Å²) < 4.78 is 7.10. The van der Waals surface area contributed by atoms with Crippen LogP contribution in [-0.4, -0.2) is 25.2 Å². The van der Waals surface area contributed by atoms with Crippen LogP contribution in [0.3, 0.4) is 0 Å². The highest BCUT2D eigenvalue weighted by atomic mass is 35.5. The number of anilines is 3. The molecule has 2 aromatic heterocycles. The van der Waals surface area contributed by atoms with Gasteiger partial charge in [0, 0.05) is 10.7 Å². The van der Waals surface area contributed by atoms with Gasteiger partial charge in [0.2, 0.25) is 0 Å². The number of nitrogens with one attached hydrogen (secondary N) is 1. The van der Waals surface area contributed by atoms with Crippen molar-refractivity contribution in [3.8, 4) is 17.3 Å². The number of nitrogen functional groups attached to an aromatic ring is 1. The molecular weight excluding hydrogens is 354 g/mol. The minimum Gasteiger partial charge on any atom is -0.401 e. The molecule has 4 aromatic rings. The van der Waals surface area contributed by atoms with Gasteiger partial charge in [-0.2, -0.15) is 4.68 Å². The fraction of sp³-hybridized carbons (Fsp3) is 0.0588. The molecule has 0 spiro atoms. The molecule has 0 amide bonds. The van der Waals surface area contributed by atoms with Gasteiger partial charge < -0.3 is 15.5 Å². The molecule has 0 saturated heterocycles. The molecule has 0 bridgehead atoms. The first-order valence-electron chi connectivity index (χ1n) is 7.75. The monoisotopic (exact) mass is 367 g/mol. The van der Waals surface area contributed by atoms with Crippen molar-refractivity contribution in [2.75, 3.05) is 11.1 Å². The average molecular weight is 368 g/mol. The molecule has 2 aromatic carbocycles. The Kier molecular flexibility index (Phi) is 4.02. The highest BCUT2D eigenvalue weighted by Gasteiger charge is 2.19. The molecule has 4 rings (SSSR count).